The molecule has 2 heteroatoms. The highest BCUT2D eigenvalue weighted by Crippen LogP contribution is 2.27. The van der Waals surface area contributed by atoms with Crippen LogP contribution in [-0.2, 0) is 11.2 Å². The molecule has 0 heterocycles. The summed E-state index contributed by atoms with van der Waals surface area (Å²) in [6.45, 7) is 9.98. The van der Waals surface area contributed by atoms with Crippen LogP contribution in [0.2, 0.25) is 0 Å². The Morgan fingerprint density at radius 3 is 2.53 bits per heavy atom. The largest absolute Gasteiger partial charge is 0.426 e. The third kappa shape index (κ3) is 4.90. The Morgan fingerprint density at radius 1 is 1.32 bits per heavy atom. The third-order valence-electron chi connectivity index (χ3n) is 3.25. The predicted molar refractivity (Wildman–Crippen MR) is 79.6 cm³/mol. The number of benzene rings is 1. The summed E-state index contributed by atoms with van der Waals surface area (Å²) in [5, 5.41) is 0. The van der Waals surface area contributed by atoms with Gasteiger partial charge >= 0.3 is 5.97 Å². The van der Waals surface area contributed by atoms with Gasteiger partial charge in [0.2, 0.25) is 0 Å². The molecule has 1 aromatic carbocycles. The van der Waals surface area contributed by atoms with Crippen molar-refractivity contribution in [2.75, 3.05) is 0 Å². The normalized spacial score (nSPS) is 11.8. The molecule has 0 aliphatic rings. The van der Waals surface area contributed by atoms with Gasteiger partial charge in [0.1, 0.15) is 5.75 Å². The van der Waals surface area contributed by atoms with Crippen molar-refractivity contribution in [1.29, 1.82) is 0 Å². The fraction of sp³-hybridized carbons (Fsp3) is 0.471. The lowest BCUT2D eigenvalue weighted by molar-refractivity contribution is -0.131. The van der Waals surface area contributed by atoms with Crippen LogP contribution in [0, 0.1) is 0 Å². The fourth-order valence-corrected chi connectivity index (χ4v) is 1.87. The predicted octanol–water partition coefficient (Wildman–Crippen LogP) is 4.63. The van der Waals surface area contributed by atoms with Crippen molar-refractivity contribution in [3.05, 3.63) is 41.0 Å². The summed E-state index contributed by atoms with van der Waals surface area (Å²) >= 11 is 0. The molecule has 19 heavy (non-hydrogen) atoms. The van der Waals surface area contributed by atoms with Gasteiger partial charge in [0.15, 0.2) is 0 Å². The molecule has 104 valence electrons. The van der Waals surface area contributed by atoms with Crippen molar-refractivity contribution >= 4 is 5.97 Å². The van der Waals surface area contributed by atoms with Gasteiger partial charge < -0.3 is 4.74 Å². The minimum absolute atomic E-state index is 0.269. The van der Waals surface area contributed by atoms with E-state index in [9.17, 15) is 4.79 Å². The first-order valence-electron chi connectivity index (χ1n) is 6.88. The van der Waals surface area contributed by atoms with Crippen LogP contribution >= 0.6 is 0 Å². The van der Waals surface area contributed by atoms with Crippen LogP contribution in [-0.4, -0.2) is 5.97 Å². The van der Waals surface area contributed by atoms with Gasteiger partial charge in [0.25, 0.3) is 0 Å². The number of rotatable bonds is 5. The molecule has 2 nitrogen and oxygen atoms in total. The van der Waals surface area contributed by atoms with Crippen LogP contribution in [0.15, 0.2) is 29.8 Å². The topological polar surface area (TPSA) is 26.3 Å². The van der Waals surface area contributed by atoms with Crippen molar-refractivity contribution in [1.82, 2.24) is 0 Å². The minimum atomic E-state index is -0.269. The lowest BCUT2D eigenvalue weighted by Crippen LogP contribution is -2.05. The van der Waals surface area contributed by atoms with Crippen LogP contribution in [0.25, 0.3) is 0 Å². The quantitative estimate of drug-likeness (QED) is 0.438. The number of esters is 1. The Bertz CT molecular complexity index is 468. The van der Waals surface area contributed by atoms with E-state index < -0.39 is 0 Å². The summed E-state index contributed by atoms with van der Waals surface area (Å²) in [6.07, 6.45) is 4.06. The molecule has 1 rings (SSSR count). The lowest BCUT2D eigenvalue weighted by Gasteiger charge is -2.14. The van der Waals surface area contributed by atoms with E-state index in [0.29, 0.717) is 11.7 Å². The van der Waals surface area contributed by atoms with Gasteiger partial charge in [-0.3, -0.25) is 4.79 Å². The van der Waals surface area contributed by atoms with E-state index in [4.69, 9.17) is 4.74 Å². The first-order chi connectivity index (χ1) is 8.93. The molecule has 0 aliphatic carbocycles. The SMILES string of the molecule is CCC(C)c1ccc(OC(C)=O)c(CC=C(C)C)c1. The second-order valence-corrected chi connectivity index (χ2v) is 5.26. The van der Waals surface area contributed by atoms with Crippen molar-refractivity contribution in [2.24, 2.45) is 0 Å². The number of hydrogen-bond donors (Lipinski definition) is 0. The van der Waals surface area contributed by atoms with Crippen molar-refractivity contribution in [3.63, 3.8) is 0 Å². The first-order valence-corrected chi connectivity index (χ1v) is 6.88. The Morgan fingerprint density at radius 2 is 2.00 bits per heavy atom. The Hall–Kier alpha value is -1.57. The maximum atomic E-state index is 11.1. The molecule has 0 saturated carbocycles. The highest BCUT2D eigenvalue weighted by atomic mass is 16.5. The highest BCUT2D eigenvalue weighted by Gasteiger charge is 2.10. The minimum Gasteiger partial charge on any atom is -0.426 e. The molecule has 1 aromatic rings. The molecular weight excluding hydrogens is 236 g/mol. The number of allylic oxidation sites excluding steroid dienone is 2. The van der Waals surface area contributed by atoms with Gasteiger partial charge in [0.05, 0.1) is 0 Å². The van der Waals surface area contributed by atoms with Crippen LogP contribution in [0.3, 0.4) is 0 Å². The van der Waals surface area contributed by atoms with Crippen LogP contribution < -0.4 is 4.74 Å². The molecule has 1 atom stereocenters. The highest BCUT2D eigenvalue weighted by molar-refractivity contribution is 5.70. The summed E-state index contributed by atoms with van der Waals surface area (Å²) < 4.78 is 5.28. The van der Waals surface area contributed by atoms with Crippen LogP contribution in [0.5, 0.6) is 5.75 Å². The van der Waals surface area contributed by atoms with E-state index in [-0.39, 0.29) is 5.97 Å². The molecule has 1 unspecified atom stereocenters. The van der Waals surface area contributed by atoms with Crippen molar-refractivity contribution in [3.8, 4) is 5.75 Å². The molecule has 0 spiro atoms. The molecule has 0 saturated heterocycles. The summed E-state index contributed by atoms with van der Waals surface area (Å²) in [6, 6.07) is 6.13. The van der Waals surface area contributed by atoms with Crippen LogP contribution in [0.1, 0.15) is 58.1 Å². The molecule has 0 aliphatic heterocycles. The number of hydrogen-bond acceptors (Lipinski definition) is 2. The monoisotopic (exact) mass is 260 g/mol. The third-order valence-corrected chi connectivity index (χ3v) is 3.25. The zero-order chi connectivity index (χ0) is 14.4. The van der Waals surface area contributed by atoms with E-state index >= 15 is 0 Å². The fourth-order valence-electron chi connectivity index (χ4n) is 1.87. The second-order valence-electron chi connectivity index (χ2n) is 5.26. The lowest BCUT2D eigenvalue weighted by atomic mass is 9.95. The zero-order valence-corrected chi connectivity index (χ0v) is 12.6. The Kier molecular flexibility index (Phi) is 5.81. The van der Waals surface area contributed by atoms with E-state index in [1.165, 1.54) is 18.1 Å². The van der Waals surface area contributed by atoms with E-state index in [1.807, 2.05) is 6.07 Å². The summed E-state index contributed by atoms with van der Waals surface area (Å²) in [7, 11) is 0. The average molecular weight is 260 g/mol. The standard InChI is InChI=1S/C17H24O2/c1-6-13(4)15-9-10-17(19-14(5)18)16(11-15)8-7-12(2)3/h7,9-11,13H,6,8H2,1-5H3. The first kappa shape index (κ1) is 15.5. The van der Waals surface area contributed by atoms with E-state index in [1.54, 1.807) is 0 Å². The summed E-state index contributed by atoms with van der Waals surface area (Å²) in [5.41, 5.74) is 3.65. The smallest absolute Gasteiger partial charge is 0.308 e. The van der Waals surface area contributed by atoms with Gasteiger partial charge in [-0.05, 0) is 49.8 Å². The molecule has 0 bridgehead atoms. The van der Waals surface area contributed by atoms with Crippen LogP contribution in [0.4, 0.5) is 0 Å². The molecule has 0 amide bonds. The second kappa shape index (κ2) is 7.13. The van der Waals surface area contributed by atoms with E-state index in [2.05, 4.69) is 45.9 Å². The molecular formula is C17H24O2. The number of carbonyl (C=O) groups is 1. The summed E-state index contributed by atoms with van der Waals surface area (Å²) in [4.78, 5) is 11.1. The molecule has 0 N–H and O–H groups in total. The average Bonchev–Trinajstić information content (AvgIpc) is 2.35. The van der Waals surface area contributed by atoms with E-state index in [0.717, 1.165) is 18.4 Å². The summed E-state index contributed by atoms with van der Waals surface area (Å²) in [5.74, 6) is 0.934. The maximum absolute atomic E-state index is 11.1. The van der Waals surface area contributed by atoms with Gasteiger partial charge in [0, 0.05) is 6.92 Å². The number of carbonyl (C=O) groups excluding carboxylic acids is 1. The van der Waals surface area contributed by atoms with Gasteiger partial charge in [-0.15, -0.1) is 0 Å². The van der Waals surface area contributed by atoms with Gasteiger partial charge in [-0.2, -0.15) is 0 Å². The number of ether oxygens (including phenoxy) is 1. The Balaban J connectivity index is 3.10. The molecule has 0 aromatic heterocycles. The van der Waals surface area contributed by atoms with Crippen molar-refractivity contribution < 1.29 is 9.53 Å². The van der Waals surface area contributed by atoms with Crippen molar-refractivity contribution in [2.45, 2.75) is 53.4 Å². The Labute approximate surface area is 116 Å². The molecule has 0 radical (unpaired) electrons. The zero-order valence-electron chi connectivity index (χ0n) is 12.6. The van der Waals surface area contributed by atoms with Gasteiger partial charge in [-0.1, -0.05) is 37.6 Å². The van der Waals surface area contributed by atoms with Gasteiger partial charge in [-0.25, -0.2) is 0 Å². The maximum Gasteiger partial charge on any atom is 0.308 e. The molecule has 0 fully saturated rings.